The summed E-state index contributed by atoms with van der Waals surface area (Å²) < 4.78 is 0.341. The Morgan fingerprint density at radius 1 is 0.613 bits per heavy atom. The van der Waals surface area contributed by atoms with Crippen molar-refractivity contribution < 1.29 is 32.6 Å². The molecule has 2 atom stereocenters. The van der Waals surface area contributed by atoms with E-state index in [1.54, 1.807) is 0 Å². The summed E-state index contributed by atoms with van der Waals surface area (Å²) in [6.45, 7) is 4.97. The topological polar surface area (TPSA) is 0 Å². The van der Waals surface area contributed by atoms with Gasteiger partial charge >= 0.3 is 185 Å². The molecule has 0 saturated heterocycles. The van der Waals surface area contributed by atoms with Crippen LogP contribution in [0.4, 0.5) is 9.41 Å². The molecule has 4 aliphatic carbocycles. The Hall–Kier alpha value is -2.38. The van der Waals surface area contributed by atoms with Crippen molar-refractivity contribution >= 4 is 23.3 Å². The maximum Gasteiger partial charge on any atom is -0.269 e. The van der Waals surface area contributed by atoms with Gasteiger partial charge in [-0.15, -0.1) is 0 Å². The van der Waals surface area contributed by atoms with Crippen LogP contribution in [0.1, 0.15) is 36.1 Å². The summed E-state index contributed by atoms with van der Waals surface area (Å²) >= 11 is -0.966. The van der Waals surface area contributed by atoms with Gasteiger partial charge in [0.05, 0.1) is 0 Å². The molecule has 2 aromatic rings. The quantitative estimate of drug-likeness (QED) is 0.403. The average molecular weight is 490 g/mol. The molecular weight excluding hydrogens is 466 g/mol. The smallest absolute Gasteiger partial charge is 0.269 e. The number of rotatable bonds is 2. The van der Waals surface area contributed by atoms with E-state index >= 15 is 0 Å². The molecule has 0 N–H and O–H groups in total. The summed E-state index contributed by atoms with van der Waals surface area (Å²) in [6, 6.07) is 17.7. The number of hydrogen-bond donors (Lipinski definition) is 0. The number of benzene rings is 2. The van der Waals surface area contributed by atoms with E-state index in [2.05, 4.69) is 111 Å². The van der Waals surface area contributed by atoms with Gasteiger partial charge in [-0.1, -0.05) is 0 Å². The van der Waals surface area contributed by atoms with E-state index in [0.29, 0.717) is 0 Å². The molecule has 0 amide bonds. The minimum atomic E-state index is -0.966. The van der Waals surface area contributed by atoms with Crippen molar-refractivity contribution in [2.75, 3.05) is 0 Å². The second-order valence-corrected chi connectivity index (χ2v) is 14.4. The summed E-state index contributed by atoms with van der Waals surface area (Å²) in [7, 11) is 0. The molecule has 0 fully saturated rings. The van der Waals surface area contributed by atoms with Crippen LogP contribution in [0.25, 0.3) is 23.3 Å². The fourth-order valence-electron chi connectivity index (χ4n) is 5.32. The van der Waals surface area contributed by atoms with Crippen molar-refractivity contribution in [1.82, 2.24) is 0 Å². The third-order valence-electron chi connectivity index (χ3n) is 6.71. The molecule has 154 valence electrons. The molecule has 0 aliphatic heterocycles. The fraction of sp³-hybridized carbons (Fsp3) is 0.143. The van der Waals surface area contributed by atoms with Crippen LogP contribution in [0, 0.1) is 0 Å². The molecule has 6 rings (SSSR count). The van der Waals surface area contributed by atoms with E-state index < -0.39 is 23.2 Å². The van der Waals surface area contributed by atoms with Crippen LogP contribution in [0.3, 0.4) is 0 Å². The zero-order chi connectivity index (χ0) is 19.6. The normalized spacial score (nSPS) is 26.0. The van der Waals surface area contributed by atoms with Gasteiger partial charge in [-0.05, 0) is 0 Å². The predicted molar refractivity (Wildman–Crippen MR) is 125 cm³/mol. The fourth-order valence-corrected chi connectivity index (χ4v) is 10.5. The van der Waals surface area contributed by atoms with Gasteiger partial charge < -0.3 is 0 Å². The predicted octanol–water partition coefficient (Wildman–Crippen LogP) is 7.83. The molecule has 31 heavy (non-hydrogen) atoms. The van der Waals surface area contributed by atoms with Crippen molar-refractivity contribution in [2.24, 2.45) is 0 Å². The van der Waals surface area contributed by atoms with Gasteiger partial charge in [0.1, 0.15) is 0 Å². The zero-order valence-electron chi connectivity index (χ0n) is 17.6. The number of allylic oxidation sites excluding steroid dienone is 10. The first kappa shape index (κ1) is 21.8. The molecule has 2 unspecified atom stereocenters. The Kier molecular flexibility index (Phi) is 5.38. The Bertz CT molecular complexity index is 1160. The van der Waals surface area contributed by atoms with Crippen molar-refractivity contribution in [2.45, 2.75) is 20.1 Å². The standard InChI is InChI=1S/2C14H11.2FH.Zr/c2*1-10-5-4-8-13-12-7-3-2-6-11(12)9-14(10)13;;;/h2*2-9H,1H3;2*1H;. The monoisotopic (exact) mass is 488 g/mol. The summed E-state index contributed by atoms with van der Waals surface area (Å²) in [5, 5.41) is 0. The van der Waals surface area contributed by atoms with Crippen LogP contribution in [-0.2, 0) is 23.2 Å². The summed E-state index contributed by atoms with van der Waals surface area (Å²) in [4.78, 5) is 0. The molecule has 4 aliphatic rings. The molecule has 3 heteroatoms. The van der Waals surface area contributed by atoms with E-state index in [1.165, 1.54) is 44.5 Å². The SMILES string of the molecule is C[C]1([Zr][C]2(C)C=CC=C3C2=Cc2ccccc23)C=CC=C2C1=Cc1ccccc12.F.F. The van der Waals surface area contributed by atoms with Crippen LogP contribution in [0.2, 0.25) is 6.25 Å². The van der Waals surface area contributed by atoms with Crippen LogP contribution in [0.15, 0.2) is 96.1 Å². The molecule has 0 radical (unpaired) electrons. The van der Waals surface area contributed by atoms with Gasteiger partial charge in [0.15, 0.2) is 0 Å². The van der Waals surface area contributed by atoms with E-state index in [-0.39, 0.29) is 15.7 Å². The first-order chi connectivity index (χ1) is 14.1. The van der Waals surface area contributed by atoms with Gasteiger partial charge in [-0.3, -0.25) is 9.41 Å². The van der Waals surface area contributed by atoms with E-state index in [0.717, 1.165) is 0 Å². The van der Waals surface area contributed by atoms with Crippen molar-refractivity contribution in [3.05, 3.63) is 118 Å². The van der Waals surface area contributed by atoms with Crippen LogP contribution < -0.4 is 0 Å². The van der Waals surface area contributed by atoms with E-state index in [9.17, 15) is 0 Å². The molecule has 0 spiro atoms. The van der Waals surface area contributed by atoms with Crippen LogP contribution in [-0.4, -0.2) is 0 Å². The van der Waals surface area contributed by atoms with Crippen molar-refractivity contribution in [1.29, 1.82) is 0 Å². The molecule has 0 nitrogen and oxygen atoms in total. The average Bonchev–Trinajstić information content (AvgIpc) is 3.29. The van der Waals surface area contributed by atoms with Crippen LogP contribution >= 0.6 is 0 Å². The third-order valence-corrected chi connectivity index (χ3v) is 11.4. The molecule has 0 aromatic heterocycles. The largest absolute Gasteiger partial charge is 0.269 e. The number of halogens is 2. The summed E-state index contributed by atoms with van der Waals surface area (Å²) in [6.07, 6.45) is 19.1. The molecule has 2 aromatic carbocycles. The summed E-state index contributed by atoms with van der Waals surface area (Å²) in [5.74, 6) is 0. The molecule has 0 heterocycles. The maximum atomic E-state index is 2.49. The second-order valence-electron chi connectivity index (χ2n) is 8.70. The Morgan fingerprint density at radius 3 is 1.48 bits per heavy atom. The first-order valence-electron chi connectivity index (χ1n) is 10.3. The zero-order valence-corrected chi connectivity index (χ0v) is 20.0. The first-order valence-corrected chi connectivity index (χ1v) is 12.8. The van der Waals surface area contributed by atoms with Crippen molar-refractivity contribution in [3.8, 4) is 0 Å². The second kappa shape index (κ2) is 7.64. The maximum absolute atomic E-state index is 2.49. The number of hydrogen-bond acceptors (Lipinski definition) is 0. The van der Waals surface area contributed by atoms with Gasteiger partial charge in [0, 0.05) is 0 Å². The minimum absolute atomic E-state index is 0. The van der Waals surface area contributed by atoms with Gasteiger partial charge in [-0.2, -0.15) is 0 Å². The number of fused-ring (bicyclic) bond motifs is 6. The van der Waals surface area contributed by atoms with Crippen LogP contribution in [0.5, 0.6) is 0 Å². The summed E-state index contributed by atoms with van der Waals surface area (Å²) in [5.41, 5.74) is 11.5. The Labute approximate surface area is 193 Å². The third kappa shape index (κ3) is 3.17. The van der Waals surface area contributed by atoms with Gasteiger partial charge in [-0.25, -0.2) is 0 Å². The molecular formula is C28H24F2Zr. The van der Waals surface area contributed by atoms with E-state index in [4.69, 9.17) is 0 Å². The Balaban J connectivity index is 0.00000116. The van der Waals surface area contributed by atoms with Gasteiger partial charge in [0.25, 0.3) is 0 Å². The minimum Gasteiger partial charge on any atom is -0.269 e. The van der Waals surface area contributed by atoms with Gasteiger partial charge in [0.2, 0.25) is 0 Å². The molecule has 0 bridgehead atoms. The Morgan fingerprint density at radius 2 is 1.03 bits per heavy atom. The van der Waals surface area contributed by atoms with E-state index in [1.807, 2.05) is 0 Å². The van der Waals surface area contributed by atoms with Crippen molar-refractivity contribution in [3.63, 3.8) is 0 Å². The molecule has 0 saturated carbocycles.